The van der Waals surface area contributed by atoms with Crippen LogP contribution in [-0.4, -0.2) is 27.0 Å². The van der Waals surface area contributed by atoms with Crippen LogP contribution < -0.4 is 10.9 Å². The molecular formula is C13H13Cl2N5O. The van der Waals surface area contributed by atoms with Crippen LogP contribution >= 0.6 is 23.2 Å². The Bertz CT molecular complexity index is 606. The lowest BCUT2D eigenvalue weighted by Gasteiger charge is -2.07. The van der Waals surface area contributed by atoms with Crippen LogP contribution in [-0.2, 0) is 4.79 Å². The van der Waals surface area contributed by atoms with Gasteiger partial charge >= 0.3 is 0 Å². The Morgan fingerprint density at radius 3 is 2.71 bits per heavy atom. The van der Waals surface area contributed by atoms with Gasteiger partial charge in [-0.15, -0.1) is 16.7 Å². The monoisotopic (exact) mass is 325 g/mol. The number of carbonyl (C=O) groups is 1. The van der Waals surface area contributed by atoms with E-state index in [4.69, 9.17) is 23.2 Å². The summed E-state index contributed by atoms with van der Waals surface area (Å²) in [6.45, 7) is 0. The number of benzene rings is 1. The number of hydrazine groups is 1. The summed E-state index contributed by atoms with van der Waals surface area (Å²) in [5.74, 6) is 0.468. The van der Waals surface area contributed by atoms with E-state index in [0.29, 0.717) is 29.4 Å². The molecule has 1 amide bonds. The zero-order valence-electron chi connectivity index (χ0n) is 11.0. The molecule has 2 aromatic rings. The molecule has 0 bridgehead atoms. The van der Waals surface area contributed by atoms with Crippen molar-refractivity contribution >= 4 is 35.1 Å². The van der Waals surface area contributed by atoms with Gasteiger partial charge < -0.3 is 0 Å². The van der Waals surface area contributed by atoms with Crippen molar-refractivity contribution in [2.75, 3.05) is 11.3 Å². The fourth-order valence-corrected chi connectivity index (χ4v) is 1.79. The summed E-state index contributed by atoms with van der Waals surface area (Å²) < 4.78 is 0. The van der Waals surface area contributed by atoms with E-state index >= 15 is 0 Å². The van der Waals surface area contributed by atoms with Gasteiger partial charge in [-0.1, -0.05) is 23.7 Å². The number of nitrogens with zero attached hydrogens (tertiary/aromatic N) is 3. The minimum Gasteiger partial charge on any atom is -0.273 e. The van der Waals surface area contributed by atoms with Crippen molar-refractivity contribution in [2.24, 2.45) is 0 Å². The van der Waals surface area contributed by atoms with Crippen molar-refractivity contribution in [3.63, 3.8) is 0 Å². The van der Waals surface area contributed by atoms with E-state index in [2.05, 4.69) is 26.0 Å². The van der Waals surface area contributed by atoms with Crippen LogP contribution in [0.2, 0.25) is 5.02 Å². The number of hydrogen-bond donors (Lipinski definition) is 2. The first-order chi connectivity index (χ1) is 10.2. The molecule has 21 heavy (non-hydrogen) atoms. The first kappa shape index (κ1) is 15.5. The van der Waals surface area contributed by atoms with E-state index in [1.807, 2.05) is 12.1 Å². The number of nitrogens with one attached hydrogen (secondary N) is 2. The second-order valence-corrected chi connectivity index (χ2v) is 4.95. The van der Waals surface area contributed by atoms with Crippen molar-refractivity contribution in [1.82, 2.24) is 20.6 Å². The zero-order valence-corrected chi connectivity index (χ0v) is 12.5. The summed E-state index contributed by atoms with van der Waals surface area (Å²) in [7, 11) is 0. The number of carbonyl (C=O) groups excluding carboxylic acids is 1. The van der Waals surface area contributed by atoms with Crippen molar-refractivity contribution < 1.29 is 4.79 Å². The predicted molar refractivity (Wildman–Crippen MR) is 82.0 cm³/mol. The predicted octanol–water partition coefficient (Wildman–Crippen LogP) is 2.65. The van der Waals surface area contributed by atoms with Gasteiger partial charge in [0, 0.05) is 22.9 Å². The standard InChI is InChI=1S/C13H13Cl2N5O/c14-7-1-2-12(21)18-20-13-17-11(8-16-19-13)9-3-5-10(15)6-4-9/h3-6,8H,1-2,7H2,(H,18,21)(H,17,19,20). The molecule has 0 unspecified atom stereocenters. The molecule has 0 fully saturated rings. The molecule has 0 saturated carbocycles. The van der Waals surface area contributed by atoms with E-state index < -0.39 is 0 Å². The summed E-state index contributed by atoms with van der Waals surface area (Å²) in [6.07, 6.45) is 2.48. The number of amides is 1. The molecule has 110 valence electrons. The highest BCUT2D eigenvalue weighted by Crippen LogP contribution is 2.19. The minimum atomic E-state index is -0.184. The molecule has 0 saturated heterocycles. The number of rotatable bonds is 6. The molecule has 0 atom stereocenters. The smallest absolute Gasteiger partial charge is 0.262 e. The summed E-state index contributed by atoms with van der Waals surface area (Å²) in [4.78, 5) is 15.7. The summed E-state index contributed by atoms with van der Waals surface area (Å²) in [5, 5.41) is 8.28. The van der Waals surface area contributed by atoms with Crippen LogP contribution in [0.25, 0.3) is 11.3 Å². The first-order valence-electron chi connectivity index (χ1n) is 6.25. The molecule has 0 aliphatic rings. The number of halogens is 2. The van der Waals surface area contributed by atoms with Gasteiger partial charge in [0.2, 0.25) is 5.91 Å². The Hall–Kier alpha value is -1.92. The van der Waals surface area contributed by atoms with Crippen LogP contribution in [0.5, 0.6) is 0 Å². The largest absolute Gasteiger partial charge is 0.273 e. The maximum absolute atomic E-state index is 11.4. The van der Waals surface area contributed by atoms with Crippen molar-refractivity contribution in [3.8, 4) is 11.3 Å². The number of hydrogen-bond acceptors (Lipinski definition) is 5. The van der Waals surface area contributed by atoms with Crippen LogP contribution in [0.1, 0.15) is 12.8 Å². The van der Waals surface area contributed by atoms with Crippen LogP contribution in [0.4, 0.5) is 5.95 Å². The molecule has 0 spiro atoms. The molecule has 0 radical (unpaired) electrons. The average Bonchev–Trinajstić information content (AvgIpc) is 2.52. The lowest BCUT2D eigenvalue weighted by Crippen LogP contribution is -2.30. The third-order valence-electron chi connectivity index (χ3n) is 2.55. The highest BCUT2D eigenvalue weighted by Gasteiger charge is 2.05. The Morgan fingerprint density at radius 2 is 2.00 bits per heavy atom. The van der Waals surface area contributed by atoms with Crippen molar-refractivity contribution in [2.45, 2.75) is 12.8 Å². The lowest BCUT2D eigenvalue weighted by atomic mass is 10.2. The second-order valence-electron chi connectivity index (χ2n) is 4.14. The Balaban J connectivity index is 2.01. The van der Waals surface area contributed by atoms with E-state index in [1.54, 1.807) is 12.1 Å². The van der Waals surface area contributed by atoms with Gasteiger partial charge in [0.25, 0.3) is 5.95 Å². The fourth-order valence-electron chi connectivity index (χ4n) is 1.53. The third-order valence-corrected chi connectivity index (χ3v) is 3.07. The molecule has 2 N–H and O–H groups in total. The van der Waals surface area contributed by atoms with E-state index in [0.717, 1.165) is 5.56 Å². The van der Waals surface area contributed by atoms with Crippen molar-refractivity contribution in [1.29, 1.82) is 0 Å². The van der Waals surface area contributed by atoms with Gasteiger partial charge in [-0.2, -0.15) is 5.10 Å². The topological polar surface area (TPSA) is 79.8 Å². The molecule has 1 aromatic carbocycles. The zero-order chi connectivity index (χ0) is 15.1. The number of alkyl halides is 1. The van der Waals surface area contributed by atoms with E-state index in [-0.39, 0.29) is 11.9 Å². The first-order valence-corrected chi connectivity index (χ1v) is 7.17. The maximum atomic E-state index is 11.4. The molecule has 0 aliphatic carbocycles. The SMILES string of the molecule is O=C(CCCCl)NNc1nncc(-c2ccc(Cl)cc2)n1. The lowest BCUT2D eigenvalue weighted by molar-refractivity contribution is -0.120. The molecule has 1 aromatic heterocycles. The molecule has 1 heterocycles. The highest BCUT2D eigenvalue weighted by molar-refractivity contribution is 6.30. The van der Waals surface area contributed by atoms with Crippen LogP contribution in [0.15, 0.2) is 30.5 Å². The minimum absolute atomic E-state index is 0.184. The van der Waals surface area contributed by atoms with Crippen LogP contribution in [0, 0.1) is 0 Å². The molecule has 6 nitrogen and oxygen atoms in total. The Morgan fingerprint density at radius 1 is 1.24 bits per heavy atom. The van der Waals surface area contributed by atoms with Crippen molar-refractivity contribution in [3.05, 3.63) is 35.5 Å². The van der Waals surface area contributed by atoms with Gasteiger partial charge in [0.1, 0.15) is 0 Å². The van der Waals surface area contributed by atoms with Gasteiger partial charge in [0.05, 0.1) is 11.9 Å². The fraction of sp³-hybridized carbons (Fsp3) is 0.231. The average molecular weight is 326 g/mol. The molecule has 0 aliphatic heterocycles. The quantitative estimate of drug-likeness (QED) is 0.630. The summed E-state index contributed by atoms with van der Waals surface area (Å²) in [6, 6.07) is 7.18. The Kier molecular flexibility index (Phi) is 5.71. The van der Waals surface area contributed by atoms with E-state index in [1.165, 1.54) is 6.20 Å². The summed E-state index contributed by atoms with van der Waals surface area (Å²) >= 11 is 11.4. The molecule has 2 rings (SSSR count). The van der Waals surface area contributed by atoms with E-state index in [9.17, 15) is 4.79 Å². The van der Waals surface area contributed by atoms with Gasteiger partial charge in [-0.3, -0.25) is 15.6 Å². The third kappa shape index (κ3) is 4.84. The molecule has 8 heteroatoms. The van der Waals surface area contributed by atoms with Gasteiger partial charge in [-0.25, -0.2) is 4.98 Å². The molecular weight excluding hydrogens is 313 g/mol. The maximum Gasteiger partial charge on any atom is 0.262 e. The summed E-state index contributed by atoms with van der Waals surface area (Å²) in [5.41, 5.74) is 6.59. The van der Waals surface area contributed by atoms with Gasteiger partial charge in [0.15, 0.2) is 0 Å². The second kappa shape index (κ2) is 7.75. The number of anilines is 1. The normalized spacial score (nSPS) is 10.2. The van der Waals surface area contributed by atoms with Gasteiger partial charge in [-0.05, 0) is 18.6 Å². The van der Waals surface area contributed by atoms with Crippen LogP contribution in [0.3, 0.4) is 0 Å². The Labute approximate surface area is 131 Å². The number of aromatic nitrogens is 3. The highest BCUT2D eigenvalue weighted by atomic mass is 35.5.